The van der Waals surface area contributed by atoms with E-state index in [1.165, 1.54) is 5.48 Å². The minimum atomic E-state index is -4.20. The molecule has 0 rings (SSSR count). The van der Waals surface area contributed by atoms with Crippen molar-refractivity contribution in [3.63, 3.8) is 0 Å². The fourth-order valence-electron chi connectivity index (χ4n) is 0.167. The summed E-state index contributed by atoms with van der Waals surface area (Å²) < 4.78 is 29.0. The molecule has 0 aliphatic rings. The summed E-state index contributed by atoms with van der Waals surface area (Å²) in [6.45, 7) is -0.328. The van der Waals surface area contributed by atoms with Crippen molar-refractivity contribution < 1.29 is 72.1 Å². The van der Waals surface area contributed by atoms with Gasteiger partial charge in [0, 0.05) is 5.75 Å². The van der Waals surface area contributed by atoms with Crippen molar-refractivity contribution in [1.82, 2.24) is 5.48 Å². The molecular formula is C2H5NNa2O4S. The Bertz CT molecular complexity index is 145. The fourth-order valence-corrected chi connectivity index (χ4v) is 0.500. The molecule has 0 heterocycles. The van der Waals surface area contributed by atoms with Gasteiger partial charge in [0.05, 0.1) is 10.1 Å². The Morgan fingerprint density at radius 3 is 1.80 bits per heavy atom. The molecule has 0 unspecified atom stereocenters. The van der Waals surface area contributed by atoms with E-state index in [2.05, 4.69) is 0 Å². The summed E-state index contributed by atoms with van der Waals surface area (Å²) in [5, 5.41) is 9.32. The third kappa shape index (κ3) is 16.4. The number of hydrogen-bond donors (Lipinski definition) is 1. The van der Waals surface area contributed by atoms with Crippen molar-refractivity contribution in [1.29, 1.82) is 0 Å². The van der Waals surface area contributed by atoms with E-state index < -0.39 is 15.9 Å². The van der Waals surface area contributed by atoms with Crippen LogP contribution < -0.4 is 64.6 Å². The SMILES string of the molecule is O=S(=O)([O-])CCN[O-].[Na+].[Na+]. The van der Waals surface area contributed by atoms with E-state index in [0.29, 0.717) is 0 Å². The van der Waals surface area contributed by atoms with Crippen LogP contribution in [0.4, 0.5) is 0 Å². The Kier molecular flexibility index (Phi) is 15.9. The van der Waals surface area contributed by atoms with Gasteiger partial charge in [-0.2, -0.15) is 0 Å². The number of nitrogens with one attached hydrogen (secondary N) is 1. The Hall–Kier alpha value is 1.83. The van der Waals surface area contributed by atoms with Crippen LogP contribution in [0, 0.1) is 5.21 Å². The first-order valence-corrected chi connectivity index (χ1v) is 3.42. The van der Waals surface area contributed by atoms with Crippen molar-refractivity contribution in [2.24, 2.45) is 0 Å². The molecular weight excluding hydrogens is 180 g/mol. The largest absolute Gasteiger partial charge is 1.00 e. The zero-order valence-electron chi connectivity index (χ0n) is 5.96. The standard InChI is InChI=1S/C2H6NO4S.2Na/c4-3-1-2-8(5,6)7;;/h3H,1-2H2,(H,5,6,7);;/q-1;2*+1/p-1. The molecule has 0 fully saturated rings. The smallest absolute Gasteiger partial charge is 0.788 e. The second-order valence-electron chi connectivity index (χ2n) is 1.16. The van der Waals surface area contributed by atoms with Gasteiger partial charge in [-0.25, -0.2) is 8.42 Å². The Labute approximate surface area is 104 Å². The van der Waals surface area contributed by atoms with E-state index in [9.17, 15) is 18.2 Å². The monoisotopic (exact) mass is 185 g/mol. The van der Waals surface area contributed by atoms with Gasteiger partial charge in [-0.1, -0.05) is 0 Å². The molecule has 0 aromatic heterocycles. The minimum Gasteiger partial charge on any atom is -0.788 e. The average Bonchev–Trinajstić information content (AvgIpc) is 1.59. The molecule has 0 saturated carbocycles. The van der Waals surface area contributed by atoms with Crippen LogP contribution in [0.3, 0.4) is 0 Å². The summed E-state index contributed by atoms with van der Waals surface area (Å²) in [5.41, 5.74) is 1.30. The molecule has 5 nitrogen and oxygen atoms in total. The summed E-state index contributed by atoms with van der Waals surface area (Å²) in [5.74, 6) is -0.642. The van der Waals surface area contributed by atoms with Gasteiger partial charge in [-0.15, -0.1) is 0 Å². The van der Waals surface area contributed by atoms with Crippen molar-refractivity contribution in [3.05, 3.63) is 5.21 Å². The zero-order valence-corrected chi connectivity index (χ0v) is 10.8. The summed E-state index contributed by atoms with van der Waals surface area (Å²) in [6, 6.07) is 0. The van der Waals surface area contributed by atoms with Crippen molar-refractivity contribution in [2.45, 2.75) is 0 Å². The first kappa shape index (κ1) is 17.8. The summed E-state index contributed by atoms with van der Waals surface area (Å²) in [6.07, 6.45) is 0. The quantitative estimate of drug-likeness (QED) is 0.268. The molecule has 0 spiro atoms. The van der Waals surface area contributed by atoms with Gasteiger partial charge in [0.25, 0.3) is 0 Å². The molecule has 0 radical (unpaired) electrons. The van der Waals surface area contributed by atoms with Crippen LogP contribution in [0.25, 0.3) is 0 Å². The van der Waals surface area contributed by atoms with E-state index in [1.807, 2.05) is 0 Å². The predicted octanol–water partition coefficient (Wildman–Crippen LogP) is -7.37. The molecule has 0 atom stereocenters. The second kappa shape index (κ2) is 8.92. The summed E-state index contributed by atoms with van der Waals surface area (Å²) >= 11 is 0. The molecule has 0 aromatic rings. The first-order valence-electron chi connectivity index (χ1n) is 1.85. The van der Waals surface area contributed by atoms with Gasteiger partial charge in [0.1, 0.15) is 0 Å². The van der Waals surface area contributed by atoms with E-state index in [1.54, 1.807) is 0 Å². The maximum atomic E-state index is 9.66. The van der Waals surface area contributed by atoms with Gasteiger partial charge >= 0.3 is 59.1 Å². The first-order chi connectivity index (χ1) is 3.56. The maximum Gasteiger partial charge on any atom is 1.00 e. The third-order valence-corrected chi connectivity index (χ3v) is 1.16. The average molecular weight is 185 g/mol. The van der Waals surface area contributed by atoms with Gasteiger partial charge in [-0.3, -0.25) is 0 Å². The van der Waals surface area contributed by atoms with Crippen LogP contribution in [0.1, 0.15) is 0 Å². The van der Waals surface area contributed by atoms with Crippen molar-refractivity contribution >= 4 is 10.1 Å². The summed E-state index contributed by atoms with van der Waals surface area (Å²) in [7, 11) is -4.20. The second-order valence-corrected chi connectivity index (χ2v) is 2.68. The van der Waals surface area contributed by atoms with Gasteiger partial charge in [-0.05, 0) is 6.54 Å². The molecule has 0 aliphatic carbocycles. The molecule has 0 saturated heterocycles. The van der Waals surface area contributed by atoms with Gasteiger partial charge < -0.3 is 15.2 Å². The van der Waals surface area contributed by atoms with Crippen LogP contribution in [-0.2, 0) is 10.1 Å². The van der Waals surface area contributed by atoms with Crippen LogP contribution in [0.5, 0.6) is 0 Å². The topological polar surface area (TPSA) is 92.3 Å². The zero-order chi connectivity index (χ0) is 6.62. The van der Waals surface area contributed by atoms with Crippen molar-refractivity contribution in [3.8, 4) is 0 Å². The van der Waals surface area contributed by atoms with E-state index in [0.717, 1.165) is 0 Å². The molecule has 0 bridgehead atoms. The minimum absolute atomic E-state index is 0. The van der Waals surface area contributed by atoms with Gasteiger partial charge in [0.2, 0.25) is 0 Å². The van der Waals surface area contributed by atoms with Gasteiger partial charge in [0.15, 0.2) is 0 Å². The Morgan fingerprint density at radius 1 is 1.30 bits per heavy atom. The van der Waals surface area contributed by atoms with Crippen LogP contribution in [0.15, 0.2) is 0 Å². The Balaban J connectivity index is -0.000000245. The molecule has 0 aliphatic heterocycles. The van der Waals surface area contributed by atoms with Crippen LogP contribution in [-0.4, -0.2) is 25.3 Å². The number of hydroxylamine groups is 1. The van der Waals surface area contributed by atoms with E-state index >= 15 is 0 Å². The van der Waals surface area contributed by atoms with E-state index in [4.69, 9.17) is 0 Å². The molecule has 1 N–H and O–H groups in total. The van der Waals surface area contributed by atoms with Crippen LogP contribution in [0.2, 0.25) is 0 Å². The number of rotatable bonds is 3. The Morgan fingerprint density at radius 2 is 1.70 bits per heavy atom. The fraction of sp³-hybridized carbons (Fsp3) is 1.00. The normalized spacial score (nSPS) is 9.40. The number of hydrogen-bond acceptors (Lipinski definition) is 5. The third-order valence-electron chi connectivity index (χ3n) is 0.454. The van der Waals surface area contributed by atoms with E-state index in [-0.39, 0.29) is 65.7 Å². The molecule has 0 aromatic carbocycles. The maximum absolute atomic E-state index is 9.66. The molecule has 8 heteroatoms. The molecule has 50 valence electrons. The van der Waals surface area contributed by atoms with Crippen molar-refractivity contribution in [2.75, 3.05) is 12.3 Å². The van der Waals surface area contributed by atoms with Crippen LogP contribution >= 0.6 is 0 Å². The predicted molar refractivity (Wildman–Crippen MR) is 25.9 cm³/mol. The molecule has 10 heavy (non-hydrogen) atoms. The summed E-state index contributed by atoms with van der Waals surface area (Å²) in [4.78, 5) is 0. The molecule has 0 amide bonds.